The van der Waals surface area contributed by atoms with Gasteiger partial charge in [-0.05, 0) is 25.0 Å². The molecule has 0 aliphatic heterocycles. The molecule has 0 saturated heterocycles. The third-order valence-corrected chi connectivity index (χ3v) is 3.99. The Bertz CT molecular complexity index is 996. The Morgan fingerprint density at radius 3 is 2.62 bits per heavy atom. The number of hydrogen-bond donors (Lipinski definition) is 0. The number of oxazole rings is 1. The second-order valence-electron chi connectivity index (χ2n) is 5.69. The van der Waals surface area contributed by atoms with Crippen LogP contribution in [0.1, 0.15) is 17.0 Å². The average molecular weight is 495 g/mol. The maximum atomic E-state index is 5.52. The van der Waals surface area contributed by atoms with E-state index in [-0.39, 0.29) is 20.1 Å². The van der Waals surface area contributed by atoms with E-state index >= 15 is 0 Å². The fraction of sp³-hybridized carbons (Fsp3) is 0.158. The van der Waals surface area contributed by atoms with Gasteiger partial charge in [-0.3, -0.25) is 4.98 Å². The van der Waals surface area contributed by atoms with Crippen LogP contribution in [0.5, 0.6) is 0 Å². The number of rotatable bonds is 2. The van der Waals surface area contributed by atoms with Gasteiger partial charge >= 0.3 is 0 Å². The molecule has 2 heterocycles. The number of hydrogen-bond acceptors (Lipinski definition) is 3. The number of fused-ring (bicyclic) bond motifs is 1. The molecular weight excluding hydrogens is 478 g/mol. The van der Waals surface area contributed by atoms with Crippen LogP contribution < -0.4 is 0 Å². The molecule has 0 bridgehead atoms. The van der Waals surface area contributed by atoms with Gasteiger partial charge in [-0.1, -0.05) is 18.2 Å². The van der Waals surface area contributed by atoms with Crippen molar-refractivity contribution in [3.05, 3.63) is 65.8 Å². The standard InChI is InChI=1S/C19H16N3O.Ir/c1-12-5-4-6-13(2)18(12)22-10-9-20-19(22)15-7-8-17-16(11-15)21-14(3)23-17;/h4-6,8-11H,1-3H3;/q-1;. The molecule has 24 heavy (non-hydrogen) atoms. The second-order valence-corrected chi connectivity index (χ2v) is 5.69. The van der Waals surface area contributed by atoms with Crippen LogP contribution in [-0.4, -0.2) is 14.5 Å². The Labute approximate surface area is 153 Å². The van der Waals surface area contributed by atoms with Gasteiger partial charge in [-0.25, -0.2) is 4.98 Å². The number of nitrogens with zero attached hydrogens (tertiary/aromatic N) is 3. The topological polar surface area (TPSA) is 43.9 Å². The van der Waals surface area contributed by atoms with Crippen LogP contribution in [0.3, 0.4) is 0 Å². The summed E-state index contributed by atoms with van der Waals surface area (Å²) in [5.41, 5.74) is 6.05. The quantitative estimate of drug-likeness (QED) is 0.388. The van der Waals surface area contributed by atoms with Crippen LogP contribution in [0.15, 0.2) is 47.1 Å². The van der Waals surface area contributed by atoms with Gasteiger partial charge in [0.25, 0.3) is 0 Å². The van der Waals surface area contributed by atoms with Gasteiger partial charge in [-0.15, -0.1) is 23.8 Å². The molecule has 0 amide bonds. The monoisotopic (exact) mass is 495 g/mol. The van der Waals surface area contributed by atoms with Crippen molar-refractivity contribution in [2.45, 2.75) is 20.8 Å². The van der Waals surface area contributed by atoms with Gasteiger partial charge in [0.05, 0.1) is 11.4 Å². The van der Waals surface area contributed by atoms with Gasteiger partial charge < -0.3 is 8.98 Å². The Hall–Kier alpha value is -2.23. The summed E-state index contributed by atoms with van der Waals surface area (Å²) in [5.74, 6) is 1.51. The Kier molecular flexibility index (Phi) is 4.39. The molecule has 4 aromatic rings. The summed E-state index contributed by atoms with van der Waals surface area (Å²) in [6.45, 7) is 6.07. The number of imidazole rings is 1. The molecule has 0 aliphatic carbocycles. The number of aromatic nitrogens is 3. The first-order chi connectivity index (χ1) is 11.1. The van der Waals surface area contributed by atoms with Gasteiger partial charge in [0.1, 0.15) is 0 Å². The maximum absolute atomic E-state index is 5.52. The number of aryl methyl sites for hydroxylation is 3. The summed E-state index contributed by atoms with van der Waals surface area (Å²) in [4.78, 5) is 8.93. The van der Waals surface area contributed by atoms with Crippen molar-refractivity contribution in [1.82, 2.24) is 14.5 Å². The molecular formula is C19H16IrN3O-. The number of para-hydroxylation sites is 1. The van der Waals surface area contributed by atoms with Crippen molar-refractivity contribution < 1.29 is 24.5 Å². The molecule has 0 fully saturated rings. The fourth-order valence-corrected chi connectivity index (χ4v) is 2.99. The molecule has 4 rings (SSSR count). The molecule has 0 saturated carbocycles. The molecule has 0 N–H and O–H groups in total. The molecule has 2 aromatic carbocycles. The first kappa shape index (κ1) is 16.6. The van der Waals surface area contributed by atoms with E-state index in [1.807, 2.05) is 31.5 Å². The van der Waals surface area contributed by atoms with E-state index in [2.05, 4.69) is 52.6 Å². The third-order valence-electron chi connectivity index (χ3n) is 3.99. The van der Waals surface area contributed by atoms with Crippen molar-refractivity contribution in [2.75, 3.05) is 0 Å². The van der Waals surface area contributed by atoms with Crippen LogP contribution in [0.4, 0.5) is 0 Å². The van der Waals surface area contributed by atoms with Gasteiger partial charge in [0, 0.05) is 50.6 Å². The van der Waals surface area contributed by atoms with Crippen LogP contribution in [0.2, 0.25) is 0 Å². The summed E-state index contributed by atoms with van der Waals surface area (Å²) in [6.07, 6.45) is 3.80. The third kappa shape index (κ3) is 2.70. The summed E-state index contributed by atoms with van der Waals surface area (Å²) >= 11 is 0. The van der Waals surface area contributed by atoms with Crippen molar-refractivity contribution >= 4 is 11.1 Å². The van der Waals surface area contributed by atoms with Crippen LogP contribution in [-0.2, 0) is 20.1 Å². The predicted octanol–water partition coefficient (Wildman–Crippen LogP) is 4.40. The zero-order valence-electron chi connectivity index (χ0n) is 13.6. The minimum Gasteiger partial charge on any atom is -0.488 e. The van der Waals surface area contributed by atoms with Crippen LogP contribution >= 0.6 is 0 Å². The Balaban J connectivity index is 0.00000169. The largest absolute Gasteiger partial charge is 0.488 e. The van der Waals surface area contributed by atoms with Gasteiger partial charge in [0.15, 0.2) is 5.89 Å². The van der Waals surface area contributed by atoms with E-state index in [0.717, 1.165) is 28.2 Å². The van der Waals surface area contributed by atoms with Crippen molar-refractivity contribution in [2.24, 2.45) is 0 Å². The molecule has 1 radical (unpaired) electrons. The van der Waals surface area contributed by atoms with E-state index in [9.17, 15) is 0 Å². The Morgan fingerprint density at radius 1 is 1.12 bits per heavy atom. The smallest absolute Gasteiger partial charge is 0.180 e. The second kappa shape index (κ2) is 6.34. The van der Waals surface area contributed by atoms with Gasteiger partial charge in [0.2, 0.25) is 0 Å². The minimum absolute atomic E-state index is 0. The first-order valence-electron chi connectivity index (χ1n) is 7.52. The summed E-state index contributed by atoms with van der Waals surface area (Å²) in [7, 11) is 0. The van der Waals surface area contributed by atoms with Gasteiger partial charge in [-0.2, -0.15) is 0 Å². The zero-order valence-corrected chi connectivity index (χ0v) is 16.0. The molecule has 0 atom stereocenters. The normalized spacial score (nSPS) is 10.8. The van der Waals surface area contributed by atoms with E-state index in [1.54, 1.807) is 0 Å². The maximum Gasteiger partial charge on any atom is 0.180 e. The average Bonchev–Trinajstić information content (AvgIpc) is 3.11. The number of benzene rings is 2. The van der Waals surface area contributed by atoms with Crippen molar-refractivity contribution in [3.63, 3.8) is 0 Å². The van der Waals surface area contributed by atoms with Crippen LogP contribution in [0.25, 0.3) is 28.2 Å². The SMILES string of the molecule is Cc1nc2cc(-c3nccn3-c3c(C)cccc3C)[c-]cc2o1.[Ir]. The molecule has 0 aliphatic rings. The zero-order chi connectivity index (χ0) is 16.0. The van der Waals surface area contributed by atoms with Crippen molar-refractivity contribution in [1.29, 1.82) is 0 Å². The molecule has 123 valence electrons. The predicted molar refractivity (Wildman–Crippen MR) is 89.6 cm³/mol. The summed E-state index contributed by atoms with van der Waals surface area (Å²) < 4.78 is 7.63. The van der Waals surface area contributed by atoms with E-state index < -0.39 is 0 Å². The van der Waals surface area contributed by atoms with Crippen LogP contribution in [0, 0.1) is 26.8 Å². The summed E-state index contributed by atoms with van der Waals surface area (Å²) in [6, 6.07) is 13.4. The Morgan fingerprint density at radius 2 is 1.88 bits per heavy atom. The molecule has 5 heteroatoms. The molecule has 2 aromatic heterocycles. The summed E-state index contributed by atoms with van der Waals surface area (Å²) in [5, 5.41) is 0. The molecule has 4 nitrogen and oxygen atoms in total. The fourth-order valence-electron chi connectivity index (χ4n) is 2.99. The van der Waals surface area contributed by atoms with E-state index in [1.165, 1.54) is 11.1 Å². The molecule has 0 unspecified atom stereocenters. The first-order valence-corrected chi connectivity index (χ1v) is 7.52. The minimum atomic E-state index is 0. The van der Waals surface area contributed by atoms with Crippen molar-refractivity contribution in [3.8, 4) is 17.1 Å². The van der Waals surface area contributed by atoms with E-state index in [0.29, 0.717) is 5.89 Å². The molecule has 0 spiro atoms. The van der Waals surface area contributed by atoms with E-state index in [4.69, 9.17) is 4.42 Å².